The van der Waals surface area contributed by atoms with Gasteiger partial charge in [0.2, 0.25) is 0 Å². The fraction of sp³-hybridized carbons (Fsp3) is 0.400. The lowest BCUT2D eigenvalue weighted by atomic mass is 9.81. The molecule has 62 heavy (non-hydrogen) atoms. The highest BCUT2D eigenvalue weighted by atomic mass is 31.1. The smallest absolute Gasteiger partial charge is 0.00559 e. The van der Waals surface area contributed by atoms with Crippen LogP contribution in [0.15, 0.2) is 121 Å². The topological polar surface area (TPSA) is 0 Å². The van der Waals surface area contributed by atoms with Crippen LogP contribution in [0.25, 0.3) is 11.1 Å². The highest BCUT2D eigenvalue weighted by Gasteiger charge is 2.33. The van der Waals surface area contributed by atoms with Gasteiger partial charge in [-0.2, -0.15) is 0 Å². The molecule has 0 saturated carbocycles. The van der Waals surface area contributed by atoms with Gasteiger partial charge in [0.15, 0.2) is 0 Å². The third-order valence-corrected chi connectivity index (χ3v) is 18.7. The van der Waals surface area contributed by atoms with Crippen LogP contribution in [0.5, 0.6) is 0 Å². The molecule has 0 heterocycles. The number of aryl methyl sites for hydroxylation is 2. The standard InChI is InChI=1S/C60H72P2/c1-57(2,3)43-23-31-47(32-24-43)61(48-33-25-44(26-34-48)58(4,5)6)53-39-21-41-17-13-15-19-51(41)55(53)56-52-20-16-14-18-42(52)22-40-54(56)62(49-35-27-45(28-36-49)59(7,8)9)50-37-29-46(30-38-50)60(10,11)12/h21-40H,13-20H2,1-12H3. The fourth-order valence-corrected chi connectivity index (χ4v) is 14.7. The minimum atomic E-state index is -0.883. The van der Waals surface area contributed by atoms with E-state index in [4.69, 9.17) is 0 Å². The molecule has 2 aliphatic carbocycles. The van der Waals surface area contributed by atoms with Crippen LogP contribution in [0, 0.1) is 0 Å². The molecule has 0 aliphatic heterocycles. The molecule has 0 fully saturated rings. The van der Waals surface area contributed by atoms with Crippen molar-refractivity contribution < 1.29 is 0 Å². The highest BCUT2D eigenvalue weighted by molar-refractivity contribution is 7.80. The zero-order valence-corrected chi connectivity index (χ0v) is 41.9. The molecule has 2 heteroatoms. The second kappa shape index (κ2) is 17.3. The van der Waals surface area contributed by atoms with E-state index in [1.807, 2.05) is 0 Å². The molecule has 0 radical (unpaired) electrons. The first-order chi connectivity index (χ1) is 29.3. The van der Waals surface area contributed by atoms with E-state index in [0.717, 1.165) is 12.8 Å². The maximum Gasteiger partial charge on any atom is -0.00559 e. The Kier molecular flexibility index (Phi) is 12.5. The molecule has 0 N–H and O–H groups in total. The normalized spacial score (nSPS) is 14.9. The summed E-state index contributed by atoms with van der Waals surface area (Å²) in [5.41, 5.74) is 15.5. The summed E-state index contributed by atoms with van der Waals surface area (Å²) in [6.45, 7) is 28.0. The average Bonchev–Trinajstić information content (AvgIpc) is 3.23. The van der Waals surface area contributed by atoms with Gasteiger partial charge in [0.1, 0.15) is 0 Å². The first-order valence-electron chi connectivity index (χ1n) is 23.6. The molecule has 6 aromatic carbocycles. The van der Waals surface area contributed by atoms with Gasteiger partial charge in [0, 0.05) is 0 Å². The van der Waals surface area contributed by atoms with Gasteiger partial charge >= 0.3 is 0 Å². The largest absolute Gasteiger partial charge is 0.0581 e. The van der Waals surface area contributed by atoms with E-state index in [-0.39, 0.29) is 21.7 Å². The Labute approximate surface area is 378 Å². The Morgan fingerprint density at radius 3 is 0.774 bits per heavy atom. The van der Waals surface area contributed by atoms with E-state index >= 15 is 0 Å². The molecule has 0 atom stereocenters. The molecule has 0 spiro atoms. The van der Waals surface area contributed by atoms with Gasteiger partial charge in [-0.15, -0.1) is 0 Å². The van der Waals surface area contributed by atoms with Gasteiger partial charge in [-0.05, 0) is 176 Å². The molecule has 0 nitrogen and oxygen atoms in total. The lowest BCUT2D eigenvalue weighted by molar-refractivity contribution is 0.590. The van der Waals surface area contributed by atoms with E-state index in [1.165, 1.54) is 92.6 Å². The van der Waals surface area contributed by atoms with Crippen molar-refractivity contribution in [2.45, 2.75) is 156 Å². The number of fused-ring (bicyclic) bond motifs is 2. The maximum absolute atomic E-state index is 2.60. The zero-order chi connectivity index (χ0) is 44.2. The Morgan fingerprint density at radius 1 is 0.290 bits per heavy atom. The summed E-state index contributed by atoms with van der Waals surface area (Å²) in [5, 5.41) is 8.84. The number of benzene rings is 6. The van der Waals surface area contributed by atoms with Gasteiger partial charge in [-0.1, -0.05) is 204 Å². The van der Waals surface area contributed by atoms with Crippen LogP contribution < -0.4 is 31.8 Å². The SMILES string of the molecule is CC(C)(C)c1ccc(P(c2ccc(C(C)(C)C)cc2)c2ccc3c(c2-c2c(P(c4ccc(C(C)(C)C)cc4)c4ccc(C(C)(C)C)cc4)ccc4c2CCCC4)CCCC3)cc1. The summed E-state index contributed by atoms with van der Waals surface area (Å²) in [7, 11) is -1.77. The monoisotopic (exact) mass is 855 g/mol. The summed E-state index contributed by atoms with van der Waals surface area (Å²) in [4.78, 5) is 0. The van der Waals surface area contributed by atoms with Crippen LogP contribution in [-0.4, -0.2) is 0 Å². The molecular formula is C60H72P2. The third-order valence-electron chi connectivity index (χ3n) is 13.7. The maximum atomic E-state index is 2.60. The number of hydrogen-bond acceptors (Lipinski definition) is 0. The van der Waals surface area contributed by atoms with Crippen molar-refractivity contribution in [2.24, 2.45) is 0 Å². The predicted molar refractivity (Wildman–Crippen MR) is 277 cm³/mol. The molecule has 2 aliphatic rings. The molecule has 0 saturated heterocycles. The number of hydrogen-bond donors (Lipinski definition) is 0. The van der Waals surface area contributed by atoms with Gasteiger partial charge in [0.25, 0.3) is 0 Å². The van der Waals surface area contributed by atoms with Crippen molar-refractivity contribution in [1.82, 2.24) is 0 Å². The summed E-state index contributed by atoms with van der Waals surface area (Å²) < 4.78 is 0. The van der Waals surface area contributed by atoms with Crippen LogP contribution >= 0.6 is 15.8 Å². The van der Waals surface area contributed by atoms with Crippen molar-refractivity contribution in [1.29, 1.82) is 0 Å². The van der Waals surface area contributed by atoms with Crippen molar-refractivity contribution in [3.05, 3.63) is 166 Å². The summed E-state index contributed by atoms with van der Waals surface area (Å²) in [6, 6.07) is 49.5. The Bertz CT molecular complexity index is 2210. The Hall–Kier alpha value is -3.82. The Morgan fingerprint density at radius 2 is 0.532 bits per heavy atom. The summed E-state index contributed by atoms with van der Waals surface area (Å²) >= 11 is 0. The highest BCUT2D eigenvalue weighted by Crippen LogP contribution is 2.47. The van der Waals surface area contributed by atoms with Crippen LogP contribution in [0.2, 0.25) is 0 Å². The molecule has 6 aromatic rings. The van der Waals surface area contributed by atoms with Crippen molar-refractivity contribution >= 4 is 47.7 Å². The Balaban J connectivity index is 1.45. The molecule has 0 amide bonds. The molecule has 322 valence electrons. The quantitative estimate of drug-likeness (QED) is 0.140. The zero-order valence-electron chi connectivity index (χ0n) is 40.1. The molecule has 0 aromatic heterocycles. The van der Waals surface area contributed by atoms with E-state index in [9.17, 15) is 0 Å². The second-order valence-electron chi connectivity index (χ2n) is 22.5. The first kappa shape index (κ1) is 44.8. The van der Waals surface area contributed by atoms with Crippen molar-refractivity contribution in [3.8, 4) is 11.1 Å². The molecule has 8 rings (SSSR count). The van der Waals surface area contributed by atoms with Gasteiger partial charge in [-0.3, -0.25) is 0 Å². The first-order valence-corrected chi connectivity index (χ1v) is 26.3. The van der Waals surface area contributed by atoms with Crippen LogP contribution in [0.1, 0.15) is 153 Å². The van der Waals surface area contributed by atoms with E-state index in [1.54, 1.807) is 33.4 Å². The summed E-state index contributed by atoms with van der Waals surface area (Å²) in [6.07, 6.45) is 9.69. The average molecular weight is 855 g/mol. The minimum Gasteiger partial charge on any atom is -0.0581 e. The molecule has 0 bridgehead atoms. The second-order valence-corrected chi connectivity index (χ2v) is 26.8. The molecule has 0 unspecified atom stereocenters. The van der Waals surface area contributed by atoms with Crippen molar-refractivity contribution in [3.63, 3.8) is 0 Å². The van der Waals surface area contributed by atoms with Crippen LogP contribution in [0.3, 0.4) is 0 Å². The van der Waals surface area contributed by atoms with E-state index in [0.29, 0.717) is 0 Å². The third kappa shape index (κ3) is 9.22. The van der Waals surface area contributed by atoms with Gasteiger partial charge in [-0.25, -0.2) is 0 Å². The lowest BCUT2D eigenvalue weighted by Gasteiger charge is -2.33. The summed E-state index contributed by atoms with van der Waals surface area (Å²) in [5.74, 6) is 0. The van der Waals surface area contributed by atoms with E-state index in [2.05, 4.69) is 204 Å². The van der Waals surface area contributed by atoms with Gasteiger partial charge in [0.05, 0.1) is 0 Å². The number of rotatable bonds is 7. The van der Waals surface area contributed by atoms with Crippen LogP contribution in [-0.2, 0) is 47.3 Å². The van der Waals surface area contributed by atoms with Crippen LogP contribution in [0.4, 0.5) is 0 Å². The lowest BCUT2D eigenvalue weighted by Crippen LogP contribution is -2.29. The molecular weight excluding hydrogens is 783 g/mol. The van der Waals surface area contributed by atoms with Gasteiger partial charge < -0.3 is 0 Å². The van der Waals surface area contributed by atoms with Crippen molar-refractivity contribution in [2.75, 3.05) is 0 Å². The van der Waals surface area contributed by atoms with E-state index < -0.39 is 15.8 Å². The fourth-order valence-electron chi connectivity index (χ4n) is 9.86. The predicted octanol–water partition coefficient (Wildman–Crippen LogP) is 13.8. The minimum absolute atomic E-state index is 0.0952.